The quantitative estimate of drug-likeness (QED) is 0.415. The number of amides is 1. The highest BCUT2D eigenvalue weighted by Gasteiger charge is 2.37. The Morgan fingerprint density at radius 1 is 1.21 bits per heavy atom. The predicted molar refractivity (Wildman–Crippen MR) is 124 cm³/mol. The number of carbonyl (C=O) groups excluding carboxylic acids is 1. The third kappa shape index (κ3) is 5.44. The van der Waals surface area contributed by atoms with E-state index in [9.17, 15) is 24.7 Å². The van der Waals surface area contributed by atoms with Gasteiger partial charge in [-0.25, -0.2) is 4.79 Å². The summed E-state index contributed by atoms with van der Waals surface area (Å²) in [6.07, 6.45) is -0.110. The van der Waals surface area contributed by atoms with E-state index in [1.54, 1.807) is 22.7 Å². The molecule has 5 N–H and O–H groups in total. The number of rotatable bonds is 8. The minimum absolute atomic E-state index is 0.00412. The third-order valence-electron chi connectivity index (χ3n) is 5.69. The minimum Gasteiger partial charge on any atom is -0.669 e. The lowest BCUT2D eigenvalue weighted by Crippen LogP contribution is -2.60. The van der Waals surface area contributed by atoms with Crippen LogP contribution in [0.25, 0.3) is 0 Å². The molecule has 0 saturated carbocycles. The molecular weight excluding hydrogens is 447 g/mol. The van der Waals surface area contributed by atoms with Gasteiger partial charge in [-0.2, -0.15) is 11.8 Å². The maximum absolute atomic E-state index is 12.6. The highest BCUT2D eigenvalue weighted by Crippen LogP contribution is 2.39. The number of nitrogens with two attached hydrogens (primary N) is 1. The fourth-order valence-corrected chi connectivity index (χ4v) is 4.83. The second-order valence-electron chi connectivity index (χ2n) is 8.34. The van der Waals surface area contributed by atoms with Gasteiger partial charge in [0.1, 0.15) is 17.4 Å². The van der Waals surface area contributed by atoms with Gasteiger partial charge in [-0.1, -0.05) is 42.7 Å². The van der Waals surface area contributed by atoms with Crippen LogP contribution in [-0.4, -0.2) is 69.7 Å². The Balaban J connectivity index is 1.31. The molecule has 11 heteroatoms. The summed E-state index contributed by atoms with van der Waals surface area (Å²) in [6, 6.07) is 12.5. The van der Waals surface area contributed by atoms with Crippen molar-refractivity contribution in [1.29, 1.82) is 0 Å². The maximum Gasteiger partial charge on any atom is 0.430 e. The zero-order chi connectivity index (χ0) is 23.6. The molecule has 1 amide bonds. The molecule has 0 spiro atoms. The fourth-order valence-electron chi connectivity index (χ4n) is 3.89. The Morgan fingerprint density at radius 2 is 1.94 bits per heavy atom. The normalized spacial score (nSPS) is 18.0. The average molecular weight is 473 g/mol. The summed E-state index contributed by atoms with van der Waals surface area (Å²) >= 11 is 1.59. The molecule has 1 saturated heterocycles. The molecule has 1 fully saturated rings. The van der Waals surface area contributed by atoms with E-state index in [2.05, 4.69) is 0 Å². The van der Waals surface area contributed by atoms with Gasteiger partial charge in [0.05, 0.1) is 24.9 Å². The summed E-state index contributed by atoms with van der Waals surface area (Å²) in [6.45, 7) is -2.52. The molecule has 9 nitrogen and oxygen atoms in total. The highest BCUT2D eigenvalue weighted by molar-refractivity contribution is 7.98. The predicted octanol–water partition coefficient (Wildman–Crippen LogP) is 1.09. The van der Waals surface area contributed by atoms with Crippen LogP contribution >= 0.6 is 11.8 Å². The first kappa shape index (κ1) is 23.4. The molecule has 0 bridgehead atoms. The van der Waals surface area contributed by atoms with E-state index in [1.807, 2.05) is 30.3 Å². The first-order chi connectivity index (χ1) is 15.7. The van der Waals surface area contributed by atoms with Crippen LogP contribution in [0.3, 0.4) is 0 Å². The van der Waals surface area contributed by atoms with E-state index in [4.69, 9.17) is 15.1 Å². The topological polar surface area (TPSA) is 143 Å². The molecule has 0 aliphatic carbocycles. The molecule has 0 aromatic heterocycles. The minimum atomic E-state index is -3.11. The van der Waals surface area contributed by atoms with E-state index in [0.717, 1.165) is 5.75 Å². The van der Waals surface area contributed by atoms with Crippen molar-refractivity contribution in [2.45, 2.75) is 30.6 Å². The Kier molecular flexibility index (Phi) is 6.85. The number of hydrogen-bond acceptors (Lipinski definition) is 8. The summed E-state index contributed by atoms with van der Waals surface area (Å²) in [5.74, 6) is -0.213. The molecule has 2 aromatic rings. The Hall–Kier alpha value is -2.73. The number of benzene rings is 2. The molecule has 1 atom stereocenters. The first-order valence-corrected chi connectivity index (χ1v) is 11.9. The van der Waals surface area contributed by atoms with Crippen LogP contribution in [-0.2, 0) is 17.0 Å². The number of carboxylic acids is 1. The van der Waals surface area contributed by atoms with Gasteiger partial charge in [0.15, 0.2) is 0 Å². The number of thioether (sulfide) groups is 1. The highest BCUT2D eigenvalue weighted by atomic mass is 32.2. The van der Waals surface area contributed by atoms with E-state index in [1.165, 1.54) is 11.6 Å². The van der Waals surface area contributed by atoms with E-state index < -0.39 is 24.9 Å². The molecule has 2 aliphatic heterocycles. The van der Waals surface area contributed by atoms with E-state index in [-0.39, 0.29) is 35.7 Å². The van der Waals surface area contributed by atoms with Crippen LogP contribution in [0.5, 0.6) is 11.5 Å². The van der Waals surface area contributed by atoms with Crippen LogP contribution < -0.4 is 15.1 Å². The van der Waals surface area contributed by atoms with Gasteiger partial charge in [-0.05, 0) is 23.6 Å². The second kappa shape index (κ2) is 9.64. The standard InChI is InChI=1S/C22H26BN2O7S/c24-17(13-33-12-14-4-2-1-3-5-14)21(26)25-10-16(11-25)31-18-7-6-15-8-9-23(29,30)32-20(15)19(18)22(27)28/h1-7,16-17,29-30H,8-13,24H2,(H,27,28)/q-1. The molecule has 176 valence electrons. The largest absolute Gasteiger partial charge is 0.669 e. The number of carbonyl (C=O) groups is 2. The number of aryl methyl sites for hydroxylation is 1. The number of likely N-dealkylation sites (tertiary alicyclic amines) is 1. The summed E-state index contributed by atoms with van der Waals surface area (Å²) in [4.78, 5) is 26.0. The first-order valence-electron chi connectivity index (χ1n) is 10.7. The maximum atomic E-state index is 12.6. The molecule has 33 heavy (non-hydrogen) atoms. The van der Waals surface area contributed by atoms with Crippen molar-refractivity contribution in [3.8, 4) is 11.5 Å². The molecule has 2 aromatic carbocycles. The number of fused-ring (bicyclic) bond motifs is 1. The van der Waals surface area contributed by atoms with Crippen LogP contribution in [0, 0.1) is 0 Å². The van der Waals surface area contributed by atoms with Gasteiger partial charge < -0.3 is 35.2 Å². The summed E-state index contributed by atoms with van der Waals surface area (Å²) in [5, 5.41) is 29.3. The molecule has 4 rings (SSSR count). The smallest absolute Gasteiger partial charge is 0.430 e. The van der Waals surface area contributed by atoms with Crippen LogP contribution in [0.15, 0.2) is 42.5 Å². The summed E-state index contributed by atoms with van der Waals surface area (Å²) in [5.41, 5.74) is 7.56. The fraction of sp³-hybridized carbons (Fsp3) is 0.364. The molecule has 1 unspecified atom stereocenters. The Morgan fingerprint density at radius 3 is 2.64 bits per heavy atom. The zero-order valence-electron chi connectivity index (χ0n) is 17.9. The van der Waals surface area contributed by atoms with Crippen LogP contribution in [0.4, 0.5) is 0 Å². The van der Waals surface area contributed by atoms with Gasteiger partial charge >= 0.3 is 12.7 Å². The summed E-state index contributed by atoms with van der Waals surface area (Å²) in [7, 11) is 0. The SMILES string of the molecule is NC(CSCc1ccccc1)C(=O)N1CC(Oc2ccc3c(c2C(=O)O)O[B-](O)(O)CC3)C1. The van der Waals surface area contributed by atoms with Crippen molar-refractivity contribution < 1.29 is 34.1 Å². The van der Waals surface area contributed by atoms with Crippen molar-refractivity contribution in [1.82, 2.24) is 4.90 Å². The van der Waals surface area contributed by atoms with Gasteiger partial charge in [0.25, 0.3) is 0 Å². The second-order valence-corrected chi connectivity index (χ2v) is 9.37. The summed E-state index contributed by atoms with van der Waals surface area (Å²) < 4.78 is 11.0. The zero-order valence-corrected chi connectivity index (χ0v) is 18.7. The Labute approximate surface area is 195 Å². The molecule has 2 heterocycles. The van der Waals surface area contributed by atoms with Crippen molar-refractivity contribution >= 4 is 30.4 Å². The molecule has 2 aliphatic rings. The lowest BCUT2D eigenvalue weighted by molar-refractivity contribution is -0.140. The van der Waals surface area contributed by atoms with Gasteiger partial charge in [0, 0.05) is 11.5 Å². The van der Waals surface area contributed by atoms with E-state index >= 15 is 0 Å². The van der Waals surface area contributed by atoms with Crippen LogP contribution in [0.1, 0.15) is 21.5 Å². The van der Waals surface area contributed by atoms with Crippen LogP contribution in [0.2, 0.25) is 6.32 Å². The average Bonchev–Trinajstić information content (AvgIpc) is 2.74. The number of aromatic carboxylic acids is 1. The van der Waals surface area contributed by atoms with Crippen molar-refractivity contribution in [3.63, 3.8) is 0 Å². The van der Waals surface area contributed by atoms with Gasteiger partial charge in [-0.3, -0.25) is 4.79 Å². The third-order valence-corrected chi connectivity index (χ3v) is 6.82. The number of ether oxygens (including phenoxy) is 1. The lowest BCUT2D eigenvalue weighted by Gasteiger charge is -2.41. The monoisotopic (exact) mass is 473 g/mol. The number of nitrogens with zero attached hydrogens (tertiary/aromatic N) is 1. The Bertz CT molecular complexity index is 1030. The number of carboxylic acid groups (broad SMARTS) is 1. The van der Waals surface area contributed by atoms with Gasteiger partial charge in [-0.15, -0.1) is 0 Å². The van der Waals surface area contributed by atoms with Gasteiger partial charge in [0.2, 0.25) is 5.91 Å². The van der Waals surface area contributed by atoms with E-state index in [0.29, 0.717) is 24.4 Å². The lowest BCUT2D eigenvalue weighted by atomic mass is 9.70. The number of hydrogen-bond donors (Lipinski definition) is 4. The van der Waals surface area contributed by atoms with Crippen molar-refractivity contribution in [2.24, 2.45) is 5.73 Å². The van der Waals surface area contributed by atoms with Crippen molar-refractivity contribution in [3.05, 3.63) is 59.2 Å². The molecule has 0 radical (unpaired) electrons. The van der Waals surface area contributed by atoms with Crippen molar-refractivity contribution in [2.75, 3.05) is 18.8 Å². The molecular formula is C22H26BN2O7S-.